The van der Waals surface area contributed by atoms with Gasteiger partial charge in [-0.25, -0.2) is 4.98 Å². The van der Waals surface area contributed by atoms with Gasteiger partial charge in [-0.1, -0.05) is 0 Å². The number of hydrogen-bond donors (Lipinski definition) is 0. The summed E-state index contributed by atoms with van der Waals surface area (Å²) in [5.74, 6) is -1.40. The number of nitrogens with zero attached hydrogens (tertiary/aromatic N) is 1. The third-order valence-corrected chi connectivity index (χ3v) is 2.42. The average Bonchev–Trinajstić information content (AvgIpc) is 2.17. The van der Waals surface area contributed by atoms with Gasteiger partial charge in [-0.05, 0) is 6.07 Å². The van der Waals surface area contributed by atoms with Crippen LogP contribution in [0.2, 0.25) is 0 Å². The first-order valence-corrected chi connectivity index (χ1v) is 5.30. The molecule has 0 amide bonds. The first-order chi connectivity index (χ1) is 8.34. The minimum absolute atomic E-state index is 0.0548. The van der Waals surface area contributed by atoms with E-state index in [4.69, 9.17) is 1.37 Å². The van der Waals surface area contributed by atoms with Crippen LogP contribution in [0.5, 0.6) is 5.88 Å². The van der Waals surface area contributed by atoms with Crippen LogP contribution in [0.15, 0.2) is 18.3 Å². The van der Waals surface area contributed by atoms with E-state index in [1.54, 1.807) is 0 Å². The molecule has 0 spiro atoms. The lowest BCUT2D eigenvalue weighted by Gasteiger charge is -2.09. The largest absolute Gasteiger partial charge is 0.534 e. The Hall–Kier alpha value is -1.52. The van der Waals surface area contributed by atoms with E-state index >= 15 is 0 Å². The van der Waals surface area contributed by atoms with Crippen molar-refractivity contribution in [2.24, 2.45) is 0 Å². The van der Waals surface area contributed by atoms with Crippen LogP contribution in [0.3, 0.4) is 0 Å². The highest BCUT2D eigenvalue weighted by molar-refractivity contribution is 7.87. The Morgan fingerprint density at radius 3 is 2.17 bits per heavy atom. The molecular weight excluding hydrogens is 292 g/mol. The van der Waals surface area contributed by atoms with E-state index in [0.717, 1.165) is 0 Å². The van der Waals surface area contributed by atoms with Crippen molar-refractivity contribution in [2.45, 2.75) is 11.7 Å². The first-order valence-electron chi connectivity index (χ1n) is 4.39. The maximum absolute atomic E-state index is 12.2. The summed E-state index contributed by atoms with van der Waals surface area (Å²) < 4.78 is 104. The van der Waals surface area contributed by atoms with Crippen molar-refractivity contribution in [3.8, 4) is 5.88 Å². The number of pyridine rings is 1. The Labute approximate surface area is 97.7 Å². The molecule has 0 fully saturated rings. The van der Waals surface area contributed by atoms with Crippen LogP contribution < -0.4 is 4.18 Å². The van der Waals surface area contributed by atoms with E-state index < -0.39 is 39.3 Å². The topological polar surface area (TPSA) is 56.3 Å². The molecule has 0 radical (unpaired) electrons. The molecular formula is C7H3F6NO3S. The number of aromatic nitrogens is 1. The van der Waals surface area contributed by atoms with Crippen LogP contribution in [0.4, 0.5) is 26.3 Å². The molecule has 11 heteroatoms. The van der Waals surface area contributed by atoms with Gasteiger partial charge >= 0.3 is 21.8 Å². The molecule has 4 nitrogen and oxygen atoms in total. The van der Waals surface area contributed by atoms with Crippen molar-refractivity contribution < 1.29 is 40.3 Å². The van der Waals surface area contributed by atoms with Crippen molar-refractivity contribution in [1.29, 1.82) is 0 Å². The molecule has 0 bridgehead atoms. The fourth-order valence-electron chi connectivity index (χ4n) is 0.694. The van der Waals surface area contributed by atoms with E-state index in [0.29, 0.717) is 0 Å². The Bertz CT molecular complexity index is 581. The van der Waals surface area contributed by atoms with Gasteiger partial charge in [0.1, 0.15) is 0 Å². The molecule has 0 aromatic carbocycles. The van der Waals surface area contributed by atoms with Crippen molar-refractivity contribution in [1.82, 2.24) is 4.98 Å². The van der Waals surface area contributed by atoms with Crippen LogP contribution in [0.25, 0.3) is 0 Å². The number of halogens is 6. The van der Waals surface area contributed by atoms with E-state index in [1.807, 2.05) is 0 Å². The third kappa shape index (κ3) is 3.24. The normalized spacial score (nSPS) is 14.2. The van der Waals surface area contributed by atoms with Gasteiger partial charge in [0.15, 0.2) is 0 Å². The zero-order chi connectivity index (χ0) is 15.1. The monoisotopic (exact) mass is 296 g/mol. The molecule has 0 aliphatic carbocycles. The second-order valence-corrected chi connectivity index (χ2v) is 4.33. The van der Waals surface area contributed by atoms with Gasteiger partial charge < -0.3 is 4.18 Å². The molecule has 0 saturated carbocycles. The summed E-state index contributed by atoms with van der Waals surface area (Å²) in [6.07, 6.45) is -4.82. The highest BCUT2D eigenvalue weighted by atomic mass is 32.2. The van der Waals surface area contributed by atoms with Gasteiger partial charge in [-0.3, -0.25) is 0 Å². The lowest BCUT2D eigenvalue weighted by atomic mass is 10.3. The van der Waals surface area contributed by atoms with Crippen LogP contribution in [0, 0.1) is 0 Å². The second-order valence-electron chi connectivity index (χ2n) is 2.79. The molecule has 1 aromatic rings. The molecule has 0 aliphatic rings. The van der Waals surface area contributed by atoms with Gasteiger partial charge in [0.05, 0.1) is 6.93 Å². The van der Waals surface area contributed by atoms with E-state index in [1.165, 1.54) is 0 Å². The van der Waals surface area contributed by atoms with E-state index in [9.17, 15) is 34.8 Å². The average molecular weight is 296 g/mol. The first kappa shape index (κ1) is 12.9. The minimum Gasteiger partial charge on any atom is -0.355 e. The summed E-state index contributed by atoms with van der Waals surface area (Å²) in [6.45, 7) is 0. The predicted octanol–water partition coefficient (Wildman–Crippen LogP) is 2.33. The summed E-state index contributed by atoms with van der Waals surface area (Å²) in [5, 5.41) is 0. The Morgan fingerprint density at radius 2 is 1.78 bits per heavy atom. The van der Waals surface area contributed by atoms with Gasteiger partial charge in [0, 0.05) is 12.2 Å². The Morgan fingerprint density at radius 1 is 1.22 bits per heavy atom. The molecule has 0 saturated heterocycles. The lowest BCUT2D eigenvalue weighted by molar-refractivity contribution is -0.137. The SMILES string of the molecule is [2H]c1cc(C(F)(F)F)cnc1OS(=O)(=O)C(F)(F)F. The van der Waals surface area contributed by atoms with Crippen molar-refractivity contribution in [3.63, 3.8) is 0 Å². The molecule has 1 rings (SSSR count). The Balaban J connectivity index is 3.13. The van der Waals surface area contributed by atoms with Gasteiger partial charge in [0.25, 0.3) is 0 Å². The standard InChI is InChI=1S/C7H3F6NO3S/c8-6(9,10)4-1-2-5(14-3-4)17-18(15,16)7(11,12)13/h1-3H/i2D. The summed E-state index contributed by atoms with van der Waals surface area (Å²) in [5.41, 5.74) is -7.20. The minimum atomic E-state index is -6.09. The number of rotatable bonds is 2. The number of alkyl halides is 6. The molecule has 0 aliphatic heterocycles. The summed E-state index contributed by atoms with van der Waals surface area (Å²) in [6, 6.07) is -1.16. The number of hydrogen-bond acceptors (Lipinski definition) is 4. The van der Waals surface area contributed by atoms with E-state index in [2.05, 4.69) is 9.17 Å². The molecule has 18 heavy (non-hydrogen) atoms. The molecule has 0 N–H and O–H groups in total. The van der Waals surface area contributed by atoms with Gasteiger partial charge in [-0.2, -0.15) is 34.8 Å². The zero-order valence-electron chi connectivity index (χ0n) is 9.00. The van der Waals surface area contributed by atoms with Crippen LogP contribution >= 0.6 is 0 Å². The second kappa shape index (κ2) is 4.30. The fourth-order valence-corrected chi connectivity index (χ4v) is 1.09. The van der Waals surface area contributed by atoms with Crippen LogP contribution in [-0.4, -0.2) is 18.9 Å². The van der Waals surface area contributed by atoms with Gasteiger partial charge in [0.2, 0.25) is 5.88 Å². The predicted molar refractivity (Wildman–Crippen MR) is 44.8 cm³/mol. The van der Waals surface area contributed by atoms with E-state index in [-0.39, 0.29) is 12.3 Å². The maximum atomic E-state index is 12.2. The highest BCUT2D eigenvalue weighted by Crippen LogP contribution is 2.30. The van der Waals surface area contributed by atoms with Crippen LogP contribution in [-0.2, 0) is 16.3 Å². The molecule has 0 atom stereocenters. The van der Waals surface area contributed by atoms with Crippen molar-refractivity contribution in [2.75, 3.05) is 0 Å². The maximum Gasteiger partial charge on any atom is 0.534 e. The quantitative estimate of drug-likeness (QED) is 0.477. The summed E-state index contributed by atoms with van der Waals surface area (Å²) >= 11 is 0. The third-order valence-electron chi connectivity index (χ3n) is 1.47. The van der Waals surface area contributed by atoms with Crippen molar-refractivity contribution >= 4 is 10.1 Å². The van der Waals surface area contributed by atoms with Crippen molar-refractivity contribution in [3.05, 3.63) is 23.9 Å². The fraction of sp³-hybridized carbons (Fsp3) is 0.286. The van der Waals surface area contributed by atoms with Gasteiger partial charge in [-0.15, -0.1) is 0 Å². The Kier molecular flexibility index (Phi) is 3.09. The molecule has 1 aromatic heterocycles. The highest BCUT2D eigenvalue weighted by Gasteiger charge is 2.48. The summed E-state index contributed by atoms with van der Waals surface area (Å²) in [7, 11) is -6.09. The zero-order valence-corrected chi connectivity index (χ0v) is 8.82. The summed E-state index contributed by atoms with van der Waals surface area (Å²) in [4.78, 5) is 2.73. The lowest BCUT2D eigenvalue weighted by Crippen LogP contribution is -2.28. The molecule has 102 valence electrons. The smallest absolute Gasteiger partial charge is 0.355 e. The molecule has 0 unspecified atom stereocenters. The molecule has 1 heterocycles. The van der Waals surface area contributed by atoms with Crippen LogP contribution in [0.1, 0.15) is 6.93 Å².